The van der Waals surface area contributed by atoms with Gasteiger partial charge in [0.25, 0.3) is 0 Å². The molecule has 0 saturated carbocycles. The van der Waals surface area contributed by atoms with E-state index < -0.39 is 0 Å². The molecule has 0 aliphatic carbocycles. The SMILES string of the molecule is CCO[C@H]1C[C@@H](C)Nc2c(OC)cccc21. The van der Waals surface area contributed by atoms with Gasteiger partial charge in [0.05, 0.1) is 18.9 Å². The molecule has 0 saturated heterocycles. The van der Waals surface area contributed by atoms with E-state index in [1.807, 2.05) is 19.1 Å². The van der Waals surface area contributed by atoms with E-state index in [9.17, 15) is 0 Å². The molecular weight excluding hydrogens is 202 g/mol. The van der Waals surface area contributed by atoms with E-state index in [0.29, 0.717) is 6.04 Å². The van der Waals surface area contributed by atoms with Gasteiger partial charge in [-0.15, -0.1) is 0 Å². The van der Waals surface area contributed by atoms with Gasteiger partial charge in [0.15, 0.2) is 0 Å². The van der Waals surface area contributed by atoms with Crippen molar-refractivity contribution in [3.63, 3.8) is 0 Å². The summed E-state index contributed by atoms with van der Waals surface area (Å²) in [6.45, 7) is 4.95. The Hall–Kier alpha value is -1.22. The van der Waals surface area contributed by atoms with Crippen LogP contribution in [0.15, 0.2) is 18.2 Å². The van der Waals surface area contributed by atoms with E-state index in [0.717, 1.165) is 24.5 Å². The molecule has 1 aromatic carbocycles. The van der Waals surface area contributed by atoms with Crippen molar-refractivity contribution in [3.8, 4) is 5.75 Å². The van der Waals surface area contributed by atoms with Gasteiger partial charge in [0.2, 0.25) is 0 Å². The lowest BCUT2D eigenvalue weighted by molar-refractivity contribution is 0.0510. The fourth-order valence-electron chi connectivity index (χ4n) is 2.25. The normalized spacial score (nSPS) is 23.4. The smallest absolute Gasteiger partial charge is 0.142 e. The van der Waals surface area contributed by atoms with Crippen LogP contribution < -0.4 is 10.1 Å². The molecule has 1 aromatic rings. The first kappa shape index (κ1) is 11.3. The van der Waals surface area contributed by atoms with Crippen molar-refractivity contribution in [2.75, 3.05) is 19.0 Å². The third-order valence-electron chi connectivity index (χ3n) is 2.95. The molecule has 0 radical (unpaired) electrons. The molecule has 0 fully saturated rings. The van der Waals surface area contributed by atoms with Crippen LogP contribution in [0, 0.1) is 0 Å². The van der Waals surface area contributed by atoms with Crippen molar-refractivity contribution in [1.82, 2.24) is 0 Å². The number of benzene rings is 1. The molecule has 88 valence electrons. The molecule has 1 heterocycles. The maximum Gasteiger partial charge on any atom is 0.142 e. The summed E-state index contributed by atoms with van der Waals surface area (Å²) in [6, 6.07) is 6.52. The van der Waals surface area contributed by atoms with Gasteiger partial charge in [-0.1, -0.05) is 12.1 Å². The van der Waals surface area contributed by atoms with Crippen LogP contribution in [-0.2, 0) is 4.74 Å². The molecule has 16 heavy (non-hydrogen) atoms. The Kier molecular flexibility index (Phi) is 3.34. The fourth-order valence-corrected chi connectivity index (χ4v) is 2.25. The predicted octanol–water partition coefficient (Wildman–Crippen LogP) is 2.98. The van der Waals surface area contributed by atoms with E-state index in [2.05, 4.69) is 18.3 Å². The zero-order valence-electron chi connectivity index (χ0n) is 10.1. The van der Waals surface area contributed by atoms with Crippen LogP contribution in [0.2, 0.25) is 0 Å². The van der Waals surface area contributed by atoms with Gasteiger partial charge in [0, 0.05) is 18.2 Å². The van der Waals surface area contributed by atoms with Crippen LogP contribution in [0.3, 0.4) is 0 Å². The molecule has 1 aliphatic heterocycles. The van der Waals surface area contributed by atoms with Crippen molar-refractivity contribution >= 4 is 5.69 Å². The number of rotatable bonds is 3. The second-order valence-electron chi connectivity index (χ2n) is 4.15. The Morgan fingerprint density at radius 3 is 2.94 bits per heavy atom. The monoisotopic (exact) mass is 221 g/mol. The average molecular weight is 221 g/mol. The summed E-state index contributed by atoms with van der Waals surface area (Å²) in [7, 11) is 1.70. The molecular formula is C13H19NO2. The fraction of sp³-hybridized carbons (Fsp3) is 0.538. The van der Waals surface area contributed by atoms with E-state index in [1.54, 1.807) is 7.11 Å². The molecule has 1 aliphatic rings. The quantitative estimate of drug-likeness (QED) is 0.851. The van der Waals surface area contributed by atoms with Gasteiger partial charge >= 0.3 is 0 Å². The minimum Gasteiger partial charge on any atom is -0.495 e. The molecule has 0 bridgehead atoms. The number of ether oxygens (including phenoxy) is 2. The summed E-state index contributed by atoms with van der Waals surface area (Å²) < 4.78 is 11.2. The maximum absolute atomic E-state index is 5.78. The number of fused-ring (bicyclic) bond motifs is 1. The van der Waals surface area contributed by atoms with Crippen LogP contribution in [0.25, 0.3) is 0 Å². The first-order valence-electron chi connectivity index (χ1n) is 5.81. The largest absolute Gasteiger partial charge is 0.495 e. The van der Waals surface area contributed by atoms with E-state index >= 15 is 0 Å². The molecule has 0 unspecified atom stereocenters. The minimum atomic E-state index is 0.186. The number of nitrogens with one attached hydrogen (secondary N) is 1. The summed E-state index contributed by atoms with van der Waals surface area (Å²) in [5.74, 6) is 0.897. The lowest BCUT2D eigenvalue weighted by atomic mass is 9.95. The van der Waals surface area contributed by atoms with Crippen LogP contribution in [0.5, 0.6) is 5.75 Å². The number of methoxy groups -OCH3 is 1. The lowest BCUT2D eigenvalue weighted by Gasteiger charge is -2.32. The number of anilines is 1. The van der Waals surface area contributed by atoms with Crippen molar-refractivity contribution < 1.29 is 9.47 Å². The Balaban J connectivity index is 2.38. The van der Waals surface area contributed by atoms with Crippen molar-refractivity contribution in [2.24, 2.45) is 0 Å². The number of para-hydroxylation sites is 1. The highest BCUT2D eigenvalue weighted by atomic mass is 16.5. The Morgan fingerprint density at radius 2 is 2.25 bits per heavy atom. The summed E-state index contributed by atoms with van der Waals surface area (Å²) in [6.07, 6.45) is 1.19. The molecule has 0 amide bonds. The maximum atomic E-state index is 5.78. The third-order valence-corrected chi connectivity index (χ3v) is 2.95. The summed E-state index contributed by atoms with van der Waals surface area (Å²) in [5.41, 5.74) is 2.29. The second-order valence-corrected chi connectivity index (χ2v) is 4.15. The molecule has 3 nitrogen and oxygen atoms in total. The third kappa shape index (κ3) is 2.00. The standard InChI is InChI=1S/C13H19NO2/c1-4-16-12-8-9(2)14-13-10(12)6-5-7-11(13)15-3/h5-7,9,12,14H,4,8H2,1-3H3/t9-,12+/m1/s1. The lowest BCUT2D eigenvalue weighted by Crippen LogP contribution is -2.27. The minimum absolute atomic E-state index is 0.186. The summed E-state index contributed by atoms with van der Waals surface area (Å²) in [5, 5.41) is 3.46. The van der Waals surface area contributed by atoms with E-state index in [4.69, 9.17) is 9.47 Å². The zero-order chi connectivity index (χ0) is 11.5. The Labute approximate surface area is 96.8 Å². The Bertz CT molecular complexity index is 365. The Morgan fingerprint density at radius 1 is 1.44 bits per heavy atom. The molecule has 2 rings (SSSR count). The number of hydrogen-bond donors (Lipinski definition) is 1. The molecule has 2 atom stereocenters. The highest BCUT2D eigenvalue weighted by Gasteiger charge is 2.26. The van der Waals surface area contributed by atoms with Crippen LogP contribution in [0.4, 0.5) is 5.69 Å². The van der Waals surface area contributed by atoms with Crippen LogP contribution in [0.1, 0.15) is 31.9 Å². The van der Waals surface area contributed by atoms with Crippen LogP contribution in [-0.4, -0.2) is 19.8 Å². The van der Waals surface area contributed by atoms with Gasteiger partial charge in [-0.3, -0.25) is 0 Å². The van der Waals surface area contributed by atoms with Gasteiger partial charge in [-0.2, -0.15) is 0 Å². The molecule has 0 aromatic heterocycles. The van der Waals surface area contributed by atoms with E-state index in [-0.39, 0.29) is 6.10 Å². The second kappa shape index (κ2) is 4.74. The summed E-state index contributed by atoms with van der Waals surface area (Å²) in [4.78, 5) is 0. The highest BCUT2D eigenvalue weighted by Crippen LogP contribution is 2.40. The van der Waals surface area contributed by atoms with Crippen molar-refractivity contribution in [2.45, 2.75) is 32.4 Å². The molecule has 0 spiro atoms. The first-order valence-corrected chi connectivity index (χ1v) is 5.81. The average Bonchev–Trinajstić information content (AvgIpc) is 2.28. The van der Waals surface area contributed by atoms with Crippen molar-refractivity contribution in [1.29, 1.82) is 0 Å². The van der Waals surface area contributed by atoms with E-state index in [1.165, 1.54) is 5.56 Å². The van der Waals surface area contributed by atoms with Crippen molar-refractivity contribution in [3.05, 3.63) is 23.8 Å². The van der Waals surface area contributed by atoms with Gasteiger partial charge < -0.3 is 14.8 Å². The molecule has 1 N–H and O–H groups in total. The van der Waals surface area contributed by atoms with Crippen LogP contribution >= 0.6 is 0 Å². The topological polar surface area (TPSA) is 30.5 Å². The zero-order valence-corrected chi connectivity index (χ0v) is 10.1. The van der Waals surface area contributed by atoms with Gasteiger partial charge in [-0.25, -0.2) is 0 Å². The summed E-state index contributed by atoms with van der Waals surface area (Å²) >= 11 is 0. The van der Waals surface area contributed by atoms with Gasteiger partial charge in [0.1, 0.15) is 5.75 Å². The number of hydrogen-bond acceptors (Lipinski definition) is 3. The first-order chi connectivity index (χ1) is 7.76. The highest BCUT2D eigenvalue weighted by molar-refractivity contribution is 5.64. The predicted molar refractivity (Wildman–Crippen MR) is 65.1 cm³/mol. The van der Waals surface area contributed by atoms with Gasteiger partial charge in [-0.05, 0) is 26.3 Å². The molecule has 3 heteroatoms.